The number of nitrogens with one attached hydrogen (secondary N) is 1. The van der Waals surface area contributed by atoms with Crippen LogP contribution in [0.2, 0.25) is 0 Å². The highest BCUT2D eigenvalue weighted by Crippen LogP contribution is 2.45. The third-order valence-electron chi connectivity index (χ3n) is 19.6. The number of rotatable bonds is 29. The van der Waals surface area contributed by atoms with Crippen molar-refractivity contribution < 1.29 is 135 Å². The van der Waals surface area contributed by atoms with Crippen LogP contribution in [0.25, 0.3) is 43.6 Å². The fraction of sp³-hybridized carbons (Fsp3) is 0.291. The Bertz CT molecular complexity index is 5930. The summed E-state index contributed by atoms with van der Waals surface area (Å²) in [7, 11) is 23.5. The number of aliphatic hydroxyl groups excluding tert-OH is 6. The Morgan fingerprint density at radius 2 is 0.803 bits per heavy atom. The molecule has 0 bridgehead atoms. The van der Waals surface area contributed by atoms with Crippen LogP contribution >= 0.6 is 0 Å². The Balaban J connectivity index is 0.000000172. The van der Waals surface area contributed by atoms with Gasteiger partial charge in [0.2, 0.25) is 46.1 Å². The molecule has 122 heavy (non-hydrogen) atoms. The number of ether oxygens (including phenoxy) is 17. The molecule has 12 aromatic rings. The number of aliphatic hydroxyl groups is 6. The summed E-state index contributed by atoms with van der Waals surface area (Å²) in [6.45, 7) is -0.126. The predicted molar refractivity (Wildman–Crippen MR) is 439 cm³/mol. The molecule has 4 aromatic heterocycles. The van der Waals surface area contributed by atoms with Crippen molar-refractivity contribution >= 4 is 72.5 Å². The first-order valence-electron chi connectivity index (χ1n) is 36.5. The van der Waals surface area contributed by atoms with Gasteiger partial charge >= 0.3 is 0 Å². The van der Waals surface area contributed by atoms with Crippen LogP contribution in [0.1, 0.15) is 98.8 Å². The molecule has 8 aromatic carbocycles. The summed E-state index contributed by atoms with van der Waals surface area (Å²) in [5.41, 5.74) is 4.11. The molecule has 1 fully saturated rings. The first-order chi connectivity index (χ1) is 58.8. The van der Waals surface area contributed by atoms with Gasteiger partial charge in [-0.15, -0.1) is 12.8 Å². The second-order valence-electron chi connectivity index (χ2n) is 25.9. The number of fused-ring (bicyclic) bond motifs is 4. The monoisotopic (exact) mass is 1680 g/mol. The van der Waals surface area contributed by atoms with E-state index in [4.69, 9.17) is 93.4 Å². The molecular weight excluding hydrogens is 1590 g/mol. The topological polar surface area (TPSA) is 446 Å². The Morgan fingerprint density at radius 1 is 0.418 bits per heavy atom. The van der Waals surface area contributed by atoms with Crippen molar-refractivity contribution in [3.05, 3.63) is 165 Å². The van der Waals surface area contributed by atoms with Crippen molar-refractivity contribution in [2.45, 2.75) is 51.0 Å². The lowest BCUT2D eigenvalue weighted by atomic mass is 9.98. The van der Waals surface area contributed by atoms with Crippen LogP contribution in [0.3, 0.4) is 0 Å². The minimum atomic E-state index is -1.68. The van der Waals surface area contributed by atoms with Crippen LogP contribution in [0.15, 0.2) is 103 Å². The normalized spacial score (nSPS) is 14.5. The number of terminal acetylenes is 2. The van der Waals surface area contributed by atoms with E-state index < -0.39 is 62.3 Å². The van der Waals surface area contributed by atoms with Gasteiger partial charge in [-0.2, -0.15) is 20.4 Å². The van der Waals surface area contributed by atoms with E-state index in [2.05, 4.69) is 37.3 Å². The molecule has 5 atom stereocenters. The third-order valence-corrected chi connectivity index (χ3v) is 19.6. The molecule has 0 spiro atoms. The SMILES string of the molecule is C#Cc1c(OC)ccc2c(C(=O)c3cc(OC)c(OC)c(OC)c3)nn(CO)c12.C#Cc1c(OC)ccc2c(C(=O)c3cc(OC)c(OC)c(OC)c3)nn([C@@H]3OC(CO)[C@@H](O)[C@H](O)C3O)c12.COc1cc(C(=O)c2[nH]nc3c(C(C)=O)c(OC)ccc23)cc(OC)c1OC.COc1ccc2c(C(=O)c3cc(OC)c(OC)c(OC)c3)n(CO)nc2c1. The van der Waals surface area contributed by atoms with Crippen molar-refractivity contribution in [3.8, 4) is 117 Å². The van der Waals surface area contributed by atoms with E-state index in [0.29, 0.717) is 135 Å². The second-order valence-corrected chi connectivity index (χ2v) is 25.9. The highest BCUT2D eigenvalue weighted by atomic mass is 16.6. The third kappa shape index (κ3) is 17.0. The summed E-state index contributed by atoms with van der Waals surface area (Å²) in [4.78, 5) is 65.6. The summed E-state index contributed by atoms with van der Waals surface area (Å²) in [5.74, 6) is 9.06. The zero-order valence-electron chi connectivity index (χ0n) is 69.3. The highest BCUT2D eigenvalue weighted by molar-refractivity contribution is 6.20. The van der Waals surface area contributed by atoms with E-state index in [0.717, 1.165) is 4.68 Å². The van der Waals surface area contributed by atoms with Gasteiger partial charge in [0, 0.05) is 49.9 Å². The van der Waals surface area contributed by atoms with E-state index in [1.165, 1.54) is 135 Å². The summed E-state index contributed by atoms with van der Waals surface area (Å²) < 4.78 is 94.3. The van der Waals surface area contributed by atoms with Gasteiger partial charge in [0.25, 0.3) is 0 Å². The number of hydrogen-bond donors (Lipinski definition) is 7. The molecule has 36 heteroatoms. The number of carbonyl (C=O) groups is 5. The van der Waals surface area contributed by atoms with Crippen LogP contribution in [-0.4, -0.2) is 244 Å². The van der Waals surface area contributed by atoms with Gasteiger partial charge in [-0.3, -0.25) is 29.1 Å². The summed E-state index contributed by atoms with van der Waals surface area (Å²) in [6, 6.07) is 27.3. The zero-order valence-corrected chi connectivity index (χ0v) is 69.3. The van der Waals surface area contributed by atoms with Crippen molar-refractivity contribution in [3.63, 3.8) is 0 Å². The molecule has 2 unspecified atom stereocenters. The highest BCUT2D eigenvalue weighted by Gasteiger charge is 2.46. The number of carbonyl (C=O) groups excluding carboxylic acids is 5. The van der Waals surface area contributed by atoms with E-state index in [1.807, 2.05) is 0 Å². The summed E-state index contributed by atoms with van der Waals surface area (Å²) in [6.07, 6.45) is 3.84. The van der Waals surface area contributed by atoms with Gasteiger partial charge in [0.1, 0.15) is 89.2 Å². The van der Waals surface area contributed by atoms with Gasteiger partial charge in [-0.25, -0.2) is 14.0 Å². The molecule has 1 saturated heterocycles. The van der Waals surface area contributed by atoms with Gasteiger partial charge in [0.05, 0.1) is 154 Å². The van der Waals surface area contributed by atoms with Crippen molar-refractivity contribution in [1.29, 1.82) is 0 Å². The molecule has 0 aliphatic carbocycles. The van der Waals surface area contributed by atoms with Crippen LogP contribution in [0.5, 0.6) is 92.0 Å². The van der Waals surface area contributed by atoms with E-state index in [1.54, 1.807) is 98.1 Å². The number of H-pyrrole nitrogens is 1. The fourth-order valence-corrected chi connectivity index (χ4v) is 13.7. The quantitative estimate of drug-likeness (QED) is 0.0174. The predicted octanol–water partition coefficient (Wildman–Crippen LogP) is 7.77. The van der Waals surface area contributed by atoms with Gasteiger partial charge in [0.15, 0.2) is 58.0 Å². The number of methoxy groups -OCH3 is 16. The van der Waals surface area contributed by atoms with E-state index in [9.17, 15) is 54.6 Å². The Labute approximate surface area is 697 Å². The first-order valence-corrected chi connectivity index (χ1v) is 36.5. The van der Waals surface area contributed by atoms with Crippen LogP contribution < -0.4 is 75.8 Å². The van der Waals surface area contributed by atoms with Crippen LogP contribution in [0.4, 0.5) is 0 Å². The number of hydrogen-bond acceptors (Lipinski definition) is 32. The van der Waals surface area contributed by atoms with Crippen LogP contribution in [-0.2, 0) is 18.2 Å². The molecule has 36 nitrogen and oxygen atoms in total. The minimum absolute atomic E-state index is 0.0645. The van der Waals surface area contributed by atoms with Gasteiger partial charge in [-0.1, -0.05) is 11.8 Å². The van der Waals surface area contributed by atoms with Gasteiger partial charge in [-0.05, 0) is 104 Å². The Hall–Kier alpha value is -14.4. The lowest BCUT2D eigenvalue weighted by Crippen LogP contribution is -2.56. The van der Waals surface area contributed by atoms with Crippen LogP contribution in [0, 0.1) is 24.7 Å². The number of benzene rings is 8. The molecule has 640 valence electrons. The van der Waals surface area contributed by atoms with Gasteiger partial charge < -0.3 is 111 Å². The number of ketones is 5. The maximum absolute atomic E-state index is 13.8. The second kappa shape index (κ2) is 39.5. The maximum atomic E-state index is 13.8. The van der Waals surface area contributed by atoms with E-state index >= 15 is 0 Å². The van der Waals surface area contributed by atoms with Crippen molar-refractivity contribution in [1.82, 2.24) is 39.5 Å². The van der Waals surface area contributed by atoms with Crippen molar-refractivity contribution in [2.75, 3.05) is 120 Å². The molecule has 0 saturated carbocycles. The molecule has 13 rings (SSSR count). The molecule has 5 heterocycles. The Kier molecular flexibility index (Phi) is 29.1. The smallest absolute Gasteiger partial charge is 0.214 e. The lowest BCUT2D eigenvalue weighted by Gasteiger charge is -2.40. The van der Waals surface area contributed by atoms with E-state index in [-0.39, 0.29) is 79.6 Å². The maximum Gasteiger partial charge on any atom is 0.214 e. The minimum Gasteiger partial charge on any atom is -0.497 e. The lowest BCUT2D eigenvalue weighted by molar-refractivity contribution is -0.252. The Morgan fingerprint density at radius 3 is 1.20 bits per heavy atom. The number of aromatic amines is 1. The average Bonchev–Trinajstić information content (AvgIpc) is 1.58. The molecule has 0 amide bonds. The molecule has 0 radical (unpaired) electrons. The first kappa shape index (κ1) is 90.0. The number of Topliss-reactive ketones (excluding diaryl/α,β-unsaturated/α-hetero) is 1. The molecule has 1 aliphatic rings. The standard InChI is InChI=1S/C26H28N2O10.C21H20N2O6.C20H20N2O6.C19H20N2O6/c1-6-13-15(34-2)8-7-14-19(21(30)12-9-16(35-3)25(37-5)17(10-12)36-4)27-28(20(13)14)26-24(33)23(32)22(31)18(11-29)38-26;1-6-13-15(26-2)8-7-14-18(22-23(11-24)19(13)14)20(25)12-9-16(27-3)21(29-5)17(10-12)28-4;1-10(23)16-13(25-2)7-6-12-17(16)21-22-18(12)19(24)11-8-14(26-3)20(28-5)15(9-11)27-4;1-24-12-5-6-13-14(9-12)20-21(10-22)17(13)18(23)11-7-15(25-2)19(27-4)16(8-11)26-3/h1,7-10,18,22-24,26,29,31-33H,11H2,2-5H3;1,7-10,24H,11H2,2-5H3;6-9H,1-5H3,(H,21,22);5-9,22H,10H2,1-4H3/t18?,22-,23+,24?,26-;;;/m1.../s1. The number of nitrogens with zero attached hydrogens (tertiary/aromatic N) is 7. The molecule has 1 aliphatic heterocycles. The average molecular weight is 1680 g/mol. The fourth-order valence-electron chi connectivity index (χ4n) is 13.7. The molecule has 7 N–H and O–H groups in total. The summed E-state index contributed by atoms with van der Waals surface area (Å²) >= 11 is 0. The number of aromatic nitrogens is 8. The zero-order chi connectivity index (χ0) is 88.8. The van der Waals surface area contributed by atoms with Crippen molar-refractivity contribution in [2.24, 2.45) is 0 Å². The molecular formula is C86H88N8O28. The largest absolute Gasteiger partial charge is 0.497 e. The summed E-state index contributed by atoms with van der Waals surface area (Å²) in [5, 5.41) is 82.3.